The van der Waals surface area contributed by atoms with E-state index in [4.69, 9.17) is 4.74 Å². The first-order chi connectivity index (χ1) is 14.8. The molecule has 31 heavy (non-hydrogen) atoms. The zero-order valence-corrected chi connectivity index (χ0v) is 18.5. The van der Waals surface area contributed by atoms with E-state index in [1.165, 1.54) is 0 Å². The summed E-state index contributed by atoms with van der Waals surface area (Å²) in [6.45, 7) is 3.65. The molecule has 2 aromatic carbocycles. The van der Waals surface area contributed by atoms with Crippen LogP contribution in [0.3, 0.4) is 0 Å². The Balaban J connectivity index is 1.88. The highest BCUT2D eigenvalue weighted by molar-refractivity contribution is 7.92. The molecule has 1 heterocycles. The van der Waals surface area contributed by atoms with Gasteiger partial charge in [-0.3, -0.25) is 13.9 Å². The number of morpholine rings is 1. The van der Waals surface area contributed by atoms with Gasteiger partial charge in [0.2, 0.25) is 15.9 Å². The molecule has 8 nitrogen and oxygen atoms in total. The van der Waals surface area contributed by atoms with Crippen molar-refractivity contribution >= 4 is 33.2 Å². The van der Waals surface area contributed by atoms with Crippen LogP contribution in [0.4, 0.5) is 11.4 Å². The maximum Gasteiger partial charge on any atom is 0.256 e. The molecule has 1 N–H and O–H groups in total. The summed E-state index contributed by atoms with van der Waals surface area (Å²) in [7, 11) is -3.73. The fourth-order valence-corrected chi connectivity index (χ4v) is 4.78. The fraction of sp³-hybridized carbons (Fsp3) is 0.364. The second kappa shape index (κ2) is 9.93. The number of carbonyl (C=O) groups is 2. The van der Waals surface area contributed by atoms with Gasteiger partial charge in [0.05, 0.1) is 36.4 Å². The monoisotopic (exact) mass is 445 g/mol. The Morgan fingerprint density at radius 3 is 2.29 bits per heavy atom. The highest BCUT2D eigenvalue weighted by Crippen LogP contribution is 2.24. The molecule has 1 aliphatic rings. The van der Waals surface area contributed by atoms with Gasteiger partial charge < -0.3 is 15.0 Å². The Hall–Kier alpha value is -2.91. The first kappa shape index (κ1) is 22.8. The number of hydrogen-bond acceptors (Lipinski definition) is 5. The van der Waals surface area contributed by atoms with Crippen molar-refractivity contribution in [1.82, 2.24) is 4.90 Å². The van der Waals surface area contributed by atoms with Crippen molar-refractivity contribution in [1.29, 1.82) is 0 Å². The topological polar surface area (TPSA) is 96.0 Å². The molecule has 0 saturated carbocycles. The number of amides is 2. The normalized spacial score (nSPS) is 15.2. The number of nitrogens with one attached hydrogen (secondary N) is 1. The van der Waals surface area contributed by atoms with Crippen LogP contribution >= 0.6 is 0 Å². The number of sulfonamides is 1. The molecule has 0 unspecified atom stereocenters. The molecule has 0 aliphatic carbocycles. The first-order valence-electron chi connectivity index (χ1n) is 10.1. The summed E-state index contributed by atoms with van der Waals surface area (Å²) >= 11 is 0. The van der Waals surface area contributed by atoms with E-state index in [1.807, 2.05) is 0 Å². The standard InChI is InChI=1S/C22H27N3O5S/c1-3-20(25(31(2,28)29)17-9-5-4-6-10-17)21(26)23-19-12-8-7-11-18(19)22(27)24-13-15-30-16-14-24/h4-12,20H,3,13-16H2,1-2H3,(H,23,26)/t20-/m1/s1. The minimum absolute atomic E-state index is 0.199. The molecule has 2 aromatic rings. The predicted molar refractivity (Wildman–Crippen MR) is 120 cm³/mol. The molecule has 1 saturated heterocycles. The van der Waals surface area contributed by atoms with Gasteiger partial charge in [-0.25, -0.2) is 8.42 Å². The van der Waals surface area contributed by atoms with Crippen LogP contribution in [0.1, 0.15) is 23.7 Å². The van der Waals surface area contributed by atoms with Crippen LogP contribution in [0, 0.1) is 0 Å². The highest BCUT2D eigenvalue weighted by Gasteiger charge is 2.32. The molecule has 1 fully saturated rings. The second-order valence-electron chi connectivity index (χ2n) is 7.26. The molecule has 166 valence electrons. The van der Waals surface area contributed by atoms with Crippen molar-refractivity contribution in [2.75, 3.05) is 42.2 Å². The van der Waals surface area contributed by atoms with Crippen LogP contribution in [0.5, 0.6) is 0 Å². The molecule has 0 radical (unpaired) electrons. The molecule has 0 bridgehead atoms. The number of nitrogens with zero attached hydrogens (tertiary/aromatic N) is 2. The highest BCUT2D eigenvalue weighted by atomic mass is 32.2. The van der Waals surface area contributed by atoms with Gasteiger partial charge in [0, 0.05) is 13.1 Å². The van der Waals surface area contributed by atoms with Crippen molar-refractivity contribution in [3.8, 4) is 0 Å². The van der Waals surface area contributed by atoms with Crippen molar-refractivity contribution < 1.29 is 22.7 Å². The van der Waals surface area contributed by atoms with Crippen LogP contribution in [0.15, 0.2) is 54.6 Å². The summed E-state index contributed by atoms with van der Waals surface area (Å²) in [5, 5.41) is 2.78. The third-order valence-electron chi connectivity index (χ3n) is 5.05. The van der Waals surface area contributed by atoms with E-state index < -0.39 is 22.0 Å². The SMILES string of the molecule is CC[C@H](C(=O)Nc1ccccc1C(=O)N1CCOCC1)N(c1ccccc1)S(C)(=O)=O. The zero-order valence-electron chi connectivity index (χ0n) is 17.7. The average Bonchev–Trinajstić information content (AvgIpc) is 2.77. The minimum atomic E-state index is -3.73. The Bertz CT molecular complexity index is 1020. The molecule has 3 rings (SSSR count). The Morgan fingerprint density at radius 2 is 1.68 bits per heavy atom. The van der Waals surface area contributed by atoms with Gasteiger partial charge in [-0.15, -0.1) is 0 Å². The molecule has 9 heteroatoms. The van der Waals surface area contributed by atoms with Gasteiger partial charge >= 0.3 is 0 Å². The van der Waals surface area contributed by atoms with Crippen molar-refractivity contribution in [3.05, 3.63) is 60.2 Å². The van der Waals surface area contributed by atoms with Gasteiger partial charge in [-0.05, 0) is 30.7 Å². The van der Waals surface area contributed by atoms with Gasteiger partial charge in [0.1, 0.15) is 6.04 Å². The molecular weight excluding hydrogens is 418 g/mol. The first-order valence-corrected chi connectivity index (χ1v) is 12.0. The summed E-state index contributed by atoms with van der Waals surface area (Å²) < 4.78 is 31.5. The number of para-hydroxylation sites is 2. The molecule has 1 atom stereocenters. The van der Waals surface area contributed by atoms with E-state index in [0.29, 0.717) is 43.2 Å². The number of benzene rings is 2. The zero-order chi connectivity index (χ0) is 22.4. The van der Waals surface area contributed by atoms with Gasteiger partial charge in [0.25, 0.3) is 5.91 Å². The molecule has 2 amide bonds. The van der Waals surface area contributed by atoms with Gasteiger partial charge in [0.15, 0.2) is 0 Å². The number of rotatable bonds is 7. The third kappa shape index (κ3) is 5.42. The lowest BCUT2D eigenvalue weighted by molar-refractivity contribution is -0.117. The van der Waals surface area contributed by atoms with Crippen molar-refractivity contribution in [3.63, 3.8) is 0 Å². The van der Waals surface area contributed by atoms with E-state index in [0.717, 1.165) is 10.6 Å². The fourth-order valence-electron chi connectivity index (χ4n) is 3.57. The maximum atomic E-state index is 13.2. The summed E-state index contributed by atoms with van der Waals surface area (Å²) in [6, 6.07) is 14.3. The van der Waals surface area contributed by atoms with Gasteiger partial charge in [-0.2, -0.15) is 0 Å². The van der Waals surface area contributed by atoms with Crippen LogP contribution in [-0.2, 0) is 19.6 Å². The Morgan fingerprint density at radius 1 is 1.06 bits per heavy atom. The molecule has 1 aliphatic heterocycles. The number of ether oxygens (including phenoxy) is 1. The molecule has 0 spiro atoms. The quantitative estimate of drug-likeness (QED) is 0.706. The number of anilines is 2. The minimum Gasteiger partial charge on any atom is -0.378 e. The van der Waals surface area contributed by atoms with E-state index in [9.17, 15) is 18.0 Å². The maximum absolute atomic E-state index is 13.2. The Kier molecular flexibility index (Phi) is 7.29. The van der Waals surface area contributed by atoms with Crippen LogP contribution in [0.2, 0.25) is 0 Å². The second-order valence-corrected chi connectivity index (χ2v) is 9.12. The van der Waals surface area contributed by atoms with Crippen molar-refractivity contribution in [2.24, 2.45) is 0 Å². The van der Waals surface area contributed by atoms with E-state index >= 15 is 0 Å². The molecular formula is C22H27N3O5S. The summed E-state index contributed by atoms with van der Waals surface area (Å²) in [4.78, 5) is 27.8. The van der Waals surface area contributed by atoms with E-state index in [2.05, 4.69) is 5.32 Å². The Labute approximate surface area is 182 Å². The van der Waals surface area contributed by atoms with E-state index in [-0.39, 0.29) is 12.3 Å². The van der Waals surface area contributed by atoms with E-state index in [1.54, 1.807) is 66.4 Å². The lowest BCUT2D eigenvalue weighted by atomic mass is 10.1. The lowest BCUT2D eigenvalue weighted by Crippen LogP contribution is -2.47. The number of hydrogen-bond donors (Lipinski definition) is 1. The summed E-state index contributed by atoms with van der Waals surface area (Å²) in [5.74, 6) is -0.700. The summed E-state index contributed by atoms with van der Waals surface area (Å²) in [5.41, 5.74) is 1.12. The van der Waals surface area contributed by atoms with Crippen LogP contribution < -0.4 is 9.62 Å². The van der Waals surface area contributed by atoms with Crippen molar-refractivity contribution in [2.45, 2.75) is 19.4 Å². The molecule has 0 aromatic heterocycles. The van der Waals surface area contributed by atoms with Crippen LogP contribution in [-0.4, -0.2) is 63.7 Å². The summed E-state index contributed by atoms with van der Waals surface area (Å²) in [6.07, 6.45) is 1.33. The predicted octanol–water partition coefficient (Wildman–Crippen LogP) is 2.34. The number of carbonyl (C=O) groups excluding carboxylic acids is 2. The average molecular weight is 446 g/mol. The smallest absolute Gasteiger partial charge is 0.256 e. The largest absolute Gasteiger partial charge is 0.378 e. The lowest BCUT2D eigenvalue weighted by Gasteiger charge is -2.30. The van der Waals surface area contributed by atoms with Crippen LogP contribution in [0.25, 0.3) is 0 Å². The third-order valence-corrected chi connectivity index (χ3v) is 6.23. The van der Waals surface area contributed by atoms with Gasteiger partial charge in [-0.1, -0.05) is 37.3 Å².